The van der Waals surface area contributed by atoms with Crippen LogP contribution in [-0.4, -0.2) is 23.4 Å². The quantitative estimate of drug-likeness (QED) is 0.777. The van der Waals surface area contributed by atoms with Crippen LogP contribution in [0.1, 0.15) is 28.8 Å². The summed E-state index contributed by atoms with van der Waals surface area (Å²) in [5, 5.41) is 10.7. The average molecular weight is 321 g/mol. The molecule has 0 bridgehead atoms. The van der Waals surface area contributed by atoms with Crippen molar-refractivity contribution in [3.8, 4) is 5.75 Å². The van der Waals surface area contributed by atoms with Crippen LogP contribution in [0.15, 0.2) is 42.5 Å². The van der Waals surface area contributed by atoms with Crippen LogP contribution in [0, 0.1) is 0 Å². The first-order valence-corrected chi connectivity index (χ1v) is 8.67. The molecule has 3 aromatic rings. The van der Waals surface area contributed by atoms with Gasteiger partial charge in [-0.15, -0.1) is 0 Å². The summed E-state index contributed by atoms with van der Waals surface area (Å²) < 4.78 is 8.06. The van der Waals surface area contributed by atoms with E-state index in [2.05, 4.69) is 41.0 Å². The summed E-state index contributed by atoms with van der Waals surface area (Å²) in [6, 6.07) is 14.9. The third-order valence-electron chi connectivity index (χ3n) is 5.07. The fourth-order valence-corrected chi connectivity index (χ4v) is 3.99. The fourth-order valence-electron chi connectivity index (χ4n) is 3.99. The zero-order chi connectivity index (χ0) is 16.5. The molecule has 0 spiro atoms. The molecule has 0 saturated heterocycles. The third kappa shape index (κ3) is 2.49. The van der Waals surface area contributed by atoms with Gasteiger partial charge in [-0.3, -0.25) is 0 Å². The molecule has 0 unspecified atom stereocenters. The summed E-state index contributed by atoms with van der Waals surface area (Å²) in [7, 11) is 1.75. The van der Waals surface area contributed by atoms with Crippen molar-refractivity contribution >= 4 is 10.9 Å². The maximum absolute atomic E-state index is 9.51. The predicted molar refractivity (Wildman–Crippen MR) is 96.8 cm³/mol. The van der Waals surface area contributed by atoms with Gasteiger partial charge in [0, 0.05) is 30.7 Å². The molecule has 0 radical (unpaired) electrons. The standard InChI is InChI=1S/C21H23NO2/c1-24-20-12-16-8-5-9-18(16)21-19(20)13-17(10-11-23)22(21)14-15-6-3-2-4-7-15/h2-4,6-7,12-13,23H,5,8-11,14H2,1H3. The van der Waals surface area contributed by atoms with E-state index in [4.69, 9.17) is 4.74 Å². The van der Waals surface area contributed by atoms with Gasteiger partial charge in [0.15, 0.2) is 0 Å². The molecule has 1 heterocycles. The number of fused-ring (bicyclic) bond motifs is 3. The number of hydrogen-bond acceptors (Lipinski definition) is 2. The van der Waals surface area contributed by atoms with Gasteiger partial charge in [0.25, 0.3) is 0 Å². The lowest BCUT2D eigenvalue weighted by atomic mass is 10.1. The van der Waals surface area contributed by atoms with Gasteiger partial charge in [0.05, 0.1) is 12.6 Å². The maximum Gasteiger partial charge on any atom is 0.128 e. The Labute approximate surface area is 142 Å². The van der Waals surface area contributed by atoms with Crippen molar-refractivity contribution in [2.75, 3.05) is 13.7 Å². The Bertz CT molecular complexity index is 865. The Morgan fingerprint density at radius 2 is 1.96 bits per heavy atom. The summed E-state index contributed by atoms with van der Waals surface area (Å²) in [4.78, 5) is 0. The first-order valence-electron chi connectivity index (χ1n) is 8.67. The maximum atomic E-state index is 9.51. The van der Waals surface area contributed by atoms with Crippen LogP contribution in [0.25, 0.3) is 10.9 Å². The zero-order valence-electron chi connectivity index (χ0n) is 14.1. The Balaban J connectivity index is 1.95. The van der Waals surface area contributed by atoms with Crippen molar-refractivity contribution in [1.29, 1.82) is 0 Å². The molecule has 1 aromatic heterocycles. The minimum Gasteiger partial charge on any atom is -0.496 e. The summed E-state index contributed by atoms with van der Waals surface area (Å²) in [5.41, 5.74) is 6.64. The second-order valence-corrected chi connectivity index (χ2v) is 6.51. The van der Waals surface area contributed by atoms with Crippen LogP contribution >= 0.6 is 0 Å². The van der Waals surface area contributed by atoms with E-state index >= 15 is 0 Å². The summed E-state index contributed by atoms with van der Waals surface area (Å²) in [6.45, 7) is 0.995. The van der Waals surface area contributed by atoms with Crippen LogP contribution in [-0.2, 0) is 25.8 Å². The van der Waals surface area contributed by atoms with Gasteiger partial charge in [0.2, 0.25) is 0 Å². The number of nitrogens with zero attached hydrogens (tertiary/aromatic N) is 1. The summed E-state index contributed by atoms with van der Waals surface area (Å²) in [5.74, 6) is 0.955. The fraction of sp³-hybridized carbons (Fsp3) is 0.333. The monoisotopic (exact) mass is 321 g/mol. The molecule has 1 aliphatic carbocycles. The number of benzene rings is 2. The molecule has 3 heteroatoms. The molecule has 0 saturated carbocycles. The van der Waals surface area contributed by atoms with Crippen LogP contribution in [0.5, 0.6) is 5.75 Å². The molecule has 0 atom stereocenters. The number of aryl methyl sites for hydroxylation is 2. The number of rotatable bonds is 5. The largest absolute Gasteiger partial charge is 0.496 e. The van der Waals surface area contributed by atoms with Gasteiger partial charge >= 0.3 is 0 Å². The lowest BCUT2D eigenvalue weighted by Crippen LogP contribution is -2.07. The second kappa shape index (κ2) is 6.33. The van der Waals surface area contributed by atoms with Gasteiger partial charge in [-0.25, -0.2) is 0 Å². The smallest absolute Gasteiger partial charge is 0.128 e. The van der Waals surface area contributed by atoms with Crippen molar-refractivity contribution in [3.63, 3.8) is 0 Å². The SMILES string of the molecule is COc1cc2c(c3c1cc(CCO)n3Cc1ccccc1)CCC2. The Morgan fingerprint density at radius 1 is 1.12 bits per heavy atom. The normalized spacial score (nSPS) is 13.4. The highest BCUT2D eigenvalue weighted by Gasteiger charge is 2.22. The first kappa shape index (κ1) is 15.3. The first-order chi connectivity index (χ1) is 11.8. The van der Waals surface area contributed by atoms with Crippen molar-refractivity contribution in [1.82, 2.24) is 4.57 Å². The summed E-state index contributed by atoms with van der Waals surface area (Å²) >= 11 is 0. The highest BCUT2D eigenvalue weighted by molar-refractivity contribution is 5.92. The molecule has 3 nitrogen and oxygen atoms in total. The van der Waals surface area contributed by atoms with E-state index in [1.54, 1.807) is 7.11 Å². The molecule has 124 valence electrons. The van der Waals surface area contributed by atoms with Crippen molar-refractivity contribution in [2.45, 2.75) is 32.2 Å². The average Bonchev–Trinajstić information content (AvgIpc) is 3.20. The zero-order valence-corrected chi connectivity index (χ0v) is 14.1. The number of aliphatic hydroxyl groups excluding tert-OH is 1. The van der Waals surface area contributed by atoms with E-state index in [9.17, 15) is 5.11 Å². The molecular weight excluding hydrogens is 298 g/mol. The topological polar surface area (TPSA) is 34.4 Å². The molecule has 1 aliphatic rings. The molecular formula is C21H23NO2. The molecule has 4 rings (SSSR count). The van der Waals surface area contributed by atoms with E-state index in [0.29, 0.717) is 6.42 Å². The van der Waals surface area contributed by atoms with E-state index < -0.39 is 0 Å². The van der Waals surface area contributed by atoms with E-state index in [1.165, 1.54) is 39.7 Å². The molecule has 24 heavy (non-hydrogen) atoms. The van der Waals surface area contributed by atoms with Crippen LogP contribution in [0.2, 0.25) is 0 Å². The predicted octanol–water partition coefficient (Wildman–Crippen LogP) is 3.72. The highest BCUT2D eigenvalue weighted by atomic mass is 16.5. The van der Waals surface area contributed by atoms with Crippen molar-refractivity contribution in [3.05, 3.63) is 64.8 Å². The van der Waals surface area contributed by atoms with E-state index in [1.807, 2.05) is 6.07 Å². The van der Waals surface area contributed by atoms with Gasteiger partial charge in [-0.05, 0) is 48.1 Å². The lowest BCUT2D eigenvalue weighted by Gasteiger charge is -2.14. The minimum atomic E-state index is 0.162. The number of hydrogen-bond donors (Lipinski definition) is 1. The van der Waals surface area contributed by atoms with Crippen LogP contribution < -0.4 is 4.74 Å². The van der Waals surface area contributed by atoms with Gasteiger partial charge in [-0.2, -0.15) is 0 Å². The highest BCUT2D eigenvalue weighted by Crippen LogP contribution is 2.38. The van der Waals surface area contributed by atoms with Crippen molar-refractivity contribution < 1.29 is 9.84 Å². The molecule has 0 amide bonds. The lowest BCUT2D eigenvalue weighted by molar-refractivity contribution is 0.297. The number of methoxy groups -OCH3 is 1. The Kier molecular flexibility index (Phi) is 4.03. The van der Waals surface area contributed by atoms with E-state index in [-0.39, 0.29) is 6.61 Å². The van der Waals surface area contributed by atoms with Crippen molar-refractivity contribution in [2.24, 2.45) is 0 Å². The molecule has 0 aliphatic heterocycles. The Hall–Kier alpha value is -2.26. The third-order valence-corrected chi connectivity index (χ3v) is 5.07. The number of ether oxygens (including phenoxy) is 1. The Morgan fingerprint density at radius 3 is 2.71 bits per heavy atom. The van der Waals surface area contributed by atoms with Gasteiger partial charge < -0.3 is 14.4 Å². The molecule has 2 aromatic carbocycles. The molecule has 0 fully saturated rings. The van der Waals surface area contributed by atoms with Crippen LogP contribution in [0.4, 0.5) is 0 Å². The summed E-state index contributed by atoms with van der Waals surface area (Å²) in [6.07, 6.45) is 4.14. The van der Waals surface area contributed by atoms with E-state index in [0.717, 1.165) is 25.1 Å². The second-order valence-electron chi connectivity index (χ2n) is 6.51. The molecule has 1 N–H and O–H groups in total. The minimum absolute atomic E-state index is 0.162. The van der Waals surface area contributed by atoms with Gasteiger partial charge in [0.1, 0.15) is 5.75 Å². The van der Waals surface area contributed by atoms with Crippen LogP contribution in [0.3, 0.4) is 0 Å². The van der Waals surface area contributed by atoms with Gasteiger partial charge in [-0.1, -0.05) is 30.3 Å². The number of aromatic nitrogens is 1. The number of aliphatic hydroxyl groups is 1.